The van der Waals surface area contributed by atoms with Gasteiger partial charge in [-0.2, -0.15) is 0 Å². The zero-order valence-electron chi connectivity index (χ0n) is 9.84. The molecule has 17 heavy (non-hydrogen) atoms. The lowest BCUT2D eigenvalue weighted by Gasteiger charge is -2.33. The Labute approximate surface area is 110 Å². The van der Waals surface area contributed by atoms with Gasteiger partial charge in [0.2, 0.25) is 0 Å². The van der Waals surface area contributed by atoms with Crippen molar-refractivity contribution >= 4 is 21.8 Å². The molecule has 1 atom stereocenters. The van der Waals surface area contributed by atoms with Crippen molar-refractivity contribution in [1.29, 1.82) is 0 Å². The first-order valence-electron chi connectivity index (χ1n) is 5.87. The molecule has 1 amide bonds. The van der Waals surface area contributed by atoms with Crippen molar-refractivity contribution in [2.45, 2.75) is 24.6 Å². The molecule has 0 aromatic carbocycles. The Bertz CT molecular complexity index is 375. The van der Waals surface area contributed by atoms with Crippen LogP contribution in [0.1, 0.15) is 30.1 Å². The maximum Gasteiger partial charge on any atom is 0.256 e. The molecule has 1 aromatic heterocycles. The van der Waals surface area contributed by atoms with E-state index in [1.165, 1.54) is 6.33 Å². The molecule has 1 fully saturated rings. The van der Waals surface area contributed by atoms with Gasteiger partial charge in [-0.25, -0.2) is 9.97 Å². The smallest absolute Gasteiger partial charge is 0.256 e. The molecule has 2 heterocycles. The summed E-state index contributed by atoms with van der Waals surface area (Å²) in [6, 6.07) is 0. The number of hydrogen-bond donors (Lipinski definition) is 0. The summed E-state index contributed by atoms with van der Waals surface area (Å²) in [4.78, 5) is 22.3. The molecule has 92 valence electrons. The Morgan fingerprint density at radius 2 is 2.00 bits per heavy atom. The van der Waals surface area contributed by atoms with Crippen LogP contribution in [0.2, 0.25) is 0 Å². The summed E-state index contributed by atoms with van der Waals surface area (Å²) in [6.07, 6.45) is 6.72. The van der Waals surface area contributed by atoms with Crippen LogP contribution in [-0.4, -0.2) is 38.7 Å². The van der Waals surface area contributed by atoms with Crippen LogP contribution in [0.5, 0.6) is 0 Å². The van der Waals surface area contributed by atoms with Gasteiger partial charge in [0.1, 0.15) is 6.33 Å². The monoisotopic (exact) mass is 297 g/mol. The molecule has 0 radical (unpaired) electrons. The van der Waals surface area contributed by atoms with Gasteiger partial charge in [-0.05, 0) is 18.8 Å². The van der Waals surface area contributed by atoms with Crippen molar-refractivity contribution in [3.05, 3.63) is 24.3 Å². The molecule has 1 saturated heterocycles. The summed E-state index contributed by atoms with van der Waals surface area (Å²) in [5.74, 6) is 0.720. The number of rotatable bonds is 2. The second-order valence-electron chi connectivity index (χ2n) is 4.43. The molecular weight excluding hydrogens is 282 g/mol. The van der Waals surface area contributed by atoms with E-state index in [0.29, 0.717) is 16.3 Å². The summed E-state index contributed by atoms with van der Waals surface area (Å²) in [5.41, 5.74) is 0.581. The highest BCUT2D eigenvalue weighted by Gasteiger charge is 2.25. The van der Waals surface area contributed by atoms with Gasteiger partial charge in [0, 0.05) is 30.3 Å². The van der Waals surface area contributed by atoms with Gasteiger partial charge < -0.3 is 4.90 Å². The number of alkyl halides is 1. The first-order valence-corrected chi connectivity index (χ1v) is 6.78. The molecule has 2 rings (SSSR count). The number of hydrogen-bond acceptors (Lipinski definition) is 3. The summed E-state index contributed by atoms with van der Waals surface area (Å²) < 4.78 is 0. The maximum atomic E-state index is 12.1. The highest BCUT2D eigenvalue weighted by atomic mass is 79.9. The van der Waals surface area contributed by atoms with E-state index in [0.717, 1.165) is 25.9 Å². The fraction of sp³-hybridized carbons (Fsp3) is 0.583. The van der Waals surface area contributed by atoms with Crippen molar-refractivity contribution in [2.75, 3.05) is 13.1 Å². The Kier molecular flexibility index (Phi) is 4.10. The molecule has 1 aromatic rings. The molecular formula is C12H16BrN3O. The number of halogens is 1. The molecule has 0 N–H and O–H groups in total. The first-order chi connectivity index (χ1) is 8.18. The van der Waals surface area contributed by atoms with E-state index < -0.39 is 0 Å². The third-order valence-corrected chi connectivity index (χ3v) is 4.03. The lowest BCUT2D eigenvalue weighted by molar-refractivity contribution is 0.0690. The van der Waals surface area contributed by atoms with E-state index >= 15 is 0 Å². The highest BCUT2D eigenvalue weighted by Crippen LogP contribution is 2.25. The molecule has 4 nitrogen and oxygen atoms in total. The molecule has 0 aliphatic carbocycles. The lowest BCUT2D eigenvalue weighted by Crippen LogP contribution is -2.40. The van der Waals surface area contributed by atoms with Gasteiger partial charge in [-0.1, -0.05) is 22.9 Å². The van der Waals surface area contributed by atoms with E-state index in [9.17, 15) is 4.79 Å². The van der Waals surface area contributed by atoms with Crippen LogP contribution in [0.4, 0.5) is 0 Å². The topological polar surface area (TPSA) is 46.1 Å². The standard InChI is InChI=1S/C12H16BrN3O/c1-9(13)10-2-4-16(5-3-10)12(17)11-6-14-8-15-7-11/h6-10H,2-5H2,1H3. The lowest BCUT2D eigenvalue weighted by atomic mass is 9.94. The van der Waals surface area contributed by atoms with Crippen LogP contribution in [0, 0.1) is 5.92 Å². The van der Waals surface area contributed by atoms with Crippen LogP contribution in [0.15, 0.2) is 18.7 Å². The van der Waals surface area contributed by atoms with Crippen LogP contribution >= 0.6 is 15.9 Å². The van der Waals surface area contributed by atoms with Crippen LogP contribution < -0.4 is 0 Å². The zero-order chi connectivity index (χ0) is 12.3. The third-order valence-electron chi connectivity index (χ3n) is 3.28. The van der Waals surface area contributed by atoms with Gasteiger partial charge in [0.25, 0.3) is 5.91 Å². The summed E-state index contributed by atoms with van der Waals surface area (Å²) >= 11 is 3.61. The van der Waals surface area contributed by atoms with Crippen LogP contribution in [0.25, 0.3) is 0 Å². The minimum atomic E-state index is 0.0475. The number of aromatic nitrogens is 2. The molecule has 0 bridgehead atoms. The summed E-state index contributed by atoms with van der Waals surface area (Å²) in [7, 11) is 0. The largest absolute Gasteiger partial charge is 0.339 e. The number of nitrogens with zero attached hydrogens (tertiary/aromatic N) is 3. The van der Waals surface area contributed by atoms with Gasteiger partial charge >= 0.3 is 0 Å². The zero-order valence-corrected chi connectivity index (χ0v) is 11.4. The van der Waals surface area contributed by atoms with Crippen molar-refractivity contribution in [3.63, 3.8) is 0 Å². The fourth-order valence-electron chi connectivity index (χ4n) is 2.15. The molecule has 0 saturated carbocycles. The number of amides is 1. The average molecular weight is 298 g/mol. The van der Waals surface area contributed by atoms with Crippen molar-refractivity contribution in [2.24, 2.45) is 5.92 Å². The normalized spacial score (nSPS) is 19.1. The van der Waals surface area contributed by atoms with Gasteiger partial charge in [-0.15, -0.1) is 0 Å². The molecule has 1 aliphatic heterocycles. The average Bonchev–Trinajstić information content (AvgIpc) is 2.39. The molecule has 5 heteroatoms. The molecule has 1 aliphatic rings. The van der Waals surface area contributed by atoms with Crippen LogP contribution in [-0.2, 0) is 0 Å². The van der Waals surface area contributed by atoms with E-state index in [2.05, 4.69) is 32.8 Å². The van der Waals surface area contributed by atoms with Gasteiger partial charge in [-0.3, -0.25) is 4.79 Å². The Morgan fingerprint density at radius 1 is 1.41 bits per heavy atom. The quantitative estimate of drug-likeness (QED) is 0.786. The maximum absolute atomic E-state index is 12.1. The second-order valence-corrected chi connectivity index (χ2v) is 5.88. The van der Waals surface area contributed by atoms with Gasteiger partial charge in [0.05, 0.1) is 5.56 Å². The first kappa shape index (κ1) is 12.5. The van der Waals surface area contributed by atoms with Gasteiger partial charge in [0.15, 0.2) is 0 Å². The van der Waals surface area contributed by atoms with Crippen LogP contribution in [0.3, 0.4) is 0 Å². The fourth-order valence-corrected chi connectivity index (χ4v) is 2.68. The predicted octanol–water partition coefficient (Wildman–Crippen LogP) is 2.11. The highest BCUT2D eigenvalue weighted by molar-refractivity contribution is 9.09. The van der Waals surface area contributed by atoms with E-state index in [4.69, 9.17) is 0 Å². The van der Waals surface area contributed by atoms with Crippen molar-refractivity contribution in [3.8, 4) is 0 Å². The summed E-state index contributed by atoms with van der Waals surface area (Å²) in [5, 5.41) is 0. The molecule has 0 spiro atoms. The Morgan fingerprint density at radius 3 is 2.53 bits per heavy atom. The number of likely N-dealkylation sites (tertiary alicyclic amines) is 1. The number of carbonyl (C=O) groups is 1. The SMILES string of the molecule is CC(Br)C1CCN(C(=O)c2cncnc2)CC1. The predicted molar refractivity (Wildman–Crippen MR) is 69.0 cm³/mol. The Hall–Kier alpha value is -0.970. The number of carbonyl (C=O) groups excluding carboxylic acids is 1. The minimum Gasteiger partial charge on any atom is -0.339 e. The minimum absolute atomic E-state index is 0.0475. The third kappa shape index (κ3) is 3.03. The van der Waals surface area contributed by atoms with E-state index in [-0.39, 0.29) is 5.91 Å². The number of piperidine rings is 1. The second kappa shape index (κ2) is 5.58. The Balaban J connectivity index is 1.95. The van der Waals surface area contributed by atoms with E-state index in [1.54, 1.807) is 12.4 Å². The summed E-state index contributed by atoms with van der Waals surface area (Å²) in [6.45, 7) is 3.83. The van der Waals surface area contributed by atoms with Crippen molar-refractivity contribution in [1.82, 2.24) is 14.9 Å². The molecule has 1 unspecified atom stereocenters. The van der Waals surface area contributed by atoms with Crippen molar-refractivity contribution < 1.29 is 4.79 Å². The van der Waals surface area contributed by atoms with E-state index in [1.807, 2.05) is 4.90 Å².